The van der Waals surface area contributed by atoms with E-state index in [4.69, 9.17) is 4.74 Å². The summed E-state index contributed by atoms with van der Waals surface area (Å²) in [5.41, 5.74) is 1.46. The molecule has 16 heavy (non-hydrogen) atoms. The molecule has 0 fully saturated rings. The van der Waals surface area contributed by atoms with E-state index in [1.165, 1.54) is 7.11 Å². The van der Waals surface area contributed by atoms with E-state index < -0.39 is 0 Å². The number of fused-ring (bicyclic) bond motifs is 1. The second kappa shape index (κ2) is 4.25. The summed E-state index contributed by atoms with van der Waals surface area (Å²) in [4.78, 5) is 11.7. The van der Waals surface area contributed by atoms with Crippen molar-refractivity contribution in [3.05, 3.63) is 28.4 Å². The van der Waals surface area contributed by atoms with Gasteiger partial charge in [0.15, 0.2) is 0 Å². The fourth-order valence-corrected chi connectivity index (χ4v) is 2.20. The third-order valence-corrected chi connectivity index (χ3v) is 3.13. The minimum Gasteiger partial charge on any atom is -0.465 e. The molecule has 0 spiro atoms. The summed E-state index contributed by atoms with van der Waals surface area (Å²) in [6.07, 6.45) is 1.69. The summed E-state index contributed by atoms with van der Waals surface area (Å²) in [5.74, 6) is -0.354. The number of rotatable bonds is 2. The Kier molecular flexibility index (Phi) is 2.96. The number of ether oxygens (including phenoxy) is 1. The molecule has 0 N–H and O–H groups in total. The Morgan fingerprint density at radius 3 is 2.94 bits per heavy atom. The molecule has 1 heterocycles. The lowest BCUT2D eigenvalue weighted by atomic mass is 10.1. The average molecular weight is 283 g/mol. The molecule has 0 aliphatic heterocycles. The summed E-state index contributed by atoms with van der Waals surface area (Å²) in [6.45, 7) is 2.78. The number of carbonyl (C=O) groups excluding carboxylic acids is 1. The molecule has 0 saturated heterocycles. The van der Waals surface area contributed by atoms with Crippen molar-refractivity contribution in [3.8, 4) is 0 Å². The molecular formula is C11H11BrN2O2. The molecule has 5 heteroatoms. The number of halogens is 1. The lowest BCUT2D eigenvalue weighted by molar-refractivity contribution is 0.0602. The van der Waals surface area contributed by atoms with Gasteiger partial charge in [0.25, 0.3) is 0 Å². The minimum absolute atomic E-state index is 0.354. The average Bonchev–Trinajstić information content (AvgIpc) is 2.70. The summed E-state index contributed by atoms with van der Waals surface area (Å²) in [5, 5.41) is 5.03. The number of benzene rings is 1. The van der Waals surface area contributed by atoms with Crippen LogP contribution in [-0.4, -0.2) is 22.9 Å². The molecule has 0 amide bonds. The van der Waals surface area contributed by atoms with Gasteiger partial charge in [0.05, 0.1) is 24.4 Å². The van der Waals surface area contributed by atoms with Crippen molar-refractivity contribution in [3.63, 3.8) is 0 Å². The Morgan fingerprint density at radius 1 is 1.56 bits per heavy atom. The summed E-state index contributed by atoms with van der Waals surface area (Å²) in [6, 6.07) is 3.77. The number of aryl methyl sites for hydroxylation is 1. The van der Waals surface area contributed by atoms with Crippen LogP contribution in [0, 0.1) is 0 Å². The van der Waals surface area contributed by atoms with Gasteiger partial charge in [0.1, 0.15) is 0 Å². The van der Waals surface area contributed by atoms with Crippen LogP contribution in [0.1, 0.15) is 17.3 Å². The number of hydrogen-bond donors (Lipinski definition) is 0. The number of esters is 1. The summed E-state index contributed by atoms with van der Waals surface area (Å²) < 4.78 is 7.33. The van der Waals surface area contributed by atoms with Crippen LogP contribution < -0.4 is 0 Å². The second-order valence-electron chi connectivity index (χ2n) is 3.31. The summed E-state index contributed by atoms with van der Waals surface area (Å²) in [7, 11) is 1.37. The van der Waals surface area contributed by atoms with Crippen LogP contribution in [0.25, 0.3) is 10.9 Å². The van der Waals surface area contributed by atoms with E-state index in [-0.39, 0.29) is 5.97 Å². The molecule has 84 valence electrons. The van der Waals surface area contributed by atoms with Crippen molar-refractivity contribution in [1.82, 2.24) is 9.78 Å². The van der Waals surface area contributed by atoms with E-state index in [1.54, 1.807) is 6.20 Å². The van der Waals surface area contributed by atoms with Crippen molar-refractivity contribution in [2.75, 3.05) is 7.11 Å². The lowest BCUT2D eigenvalue weighted by Crippen LogP contribution is -2.03. The van der Waals surface area contributed by atoms with E-state index in [9.17, 15) is 4.79 Å². The van der Waals surface area contributed by atoms with Crippen LogP contribution in [0.15, 0.2) is 22.8 Å². The number of methoxy groups -OCH3 is 1. The van der Waals surface area contributed by atoms with E-state index in [1.807, 2.05) is 23.7 Å². The van der Waals surface area contributed by atoms with Crippen LogP contribution in [0.5, 0.6) is 0 Å². The third-order valence-electron chi connectivity index (χ3n) is 2.47. The Hall–Kier alpha value is -1.36. The smallest absolute Gasteiger partial charge is 0.339 e. The first-order valence-electron chi connectivity index (χ1n) is 4.91. The first kappa shape index (κ1) is 11.1. The van der Waals surface area contributed by atoms with Crippen molar-refractivity contribution < 1.29 is 9.53 Å². The molecule has 0 atom stereocenters. The minimum atomic E-state index is -0.354. The maximum atomic E-state index is 11.7. The zero-order valence-electron chi connectivity index (χ0n) is 9.03. The SMILES string of the molecule is CCn1ncc2c(C(=O)OC)c(Br)ccc21. The quantitative estimate of drug-likeness (QED) is 0.796. The molecule has 0 saturated carbocycles. The van der Waals surface area contributed by atoms with E-state index >= 15 is 0 Å². The molecule has 0 bridgehead atoms. The maximum Gasteiger partial charge on any atom is 0.339 e. The molecule has 0 aliphatic rings. The van der Waals surface area contributed by atoms with Gasteiger partial charge in [-0.2, -0.15) is 5.10 Å². The monoisotopic (exact) mass is 282 g/mol. The van der Waals surface area contributed by atoms with Crippen LogP contribution in [0.4, 0.5) is 0 Å². The van der Waals surface area contributed by atoms with Gasteiger partial charge >= 0.3 is 5.97 Å². The van der Waals surface area contributed by atoms with Gasteiger partial charge in [-0.1, -0.05) is 0 Å². The number of nitrogens with zero attached hydrogens (tertiary/aromatic N) is 2. The van der Waals surface area contributed by atoms with Gasteiger partial charge in [0.2, 0.25) is 0 Å². The van der Waals surface area contributed by atoms with Crippen molar-refractivity contribution >= 4 is 32.8 Å². The van der Waals surface area contributed by atoms with Crippen LogP contribution in [0.3, 0.4) is 0 Å². The maximum absolute atomic E-state index is 11.7. The van der Waals surface area contributed by atoms with Gasteiger partial charge in [-0.3, -0.25) is 4.68 Å². The normalized spacial score (nSPS) is 10.7. The van der Waals surface area contributed by atoms with Gasteiger partial charge < -0.3 is 4.74 Å². The molecule has 1 aromatic carbocycles. The number of aromatic nitrogens is 2. The fourth-order valence-electron chi connectivity index (χ4n) is 1.69. The Labute approximate surface area is 101 Å². The van der Waals surface area contributed by atoms with Crippen LogP contribution in [-0.2, 0) is 11.3 Å². The molecule has 2 aromatic rings. The highest BCUT2D eigenvalue weighted by Crippen LogP contribution is 2.27. The first-order chi connectivity index (χ1) is 7.69. The van der Waals surface area contributed by atoms with E-state index in [0.717, 1.165) is 21.9 Å². The van der Waals surface area contributed by atoms with Gasteiger partial charge in [-0.05, 0) is 35.0 Å². The number of hydrogen-bond acceptors (Lipinski definition) is 3. The van der Waals surface area contributed by atoms with Crippen molar-refractivity contribution in [2.24, 2.45) is 0 Å². The zero-order chi connectivity index (χ0) is 11.7. The van der Waals surface area contributed by atoms with Crippen LogP contribution >= 0.6 is 15.9 Å². The highest BCUT2D eigenvalue weighted by Gasteiger charge is 2.16. The largest absolute Gasteiger partial charge is 0.465 e. The third kappa shape index (κ3) is 1.61. The van der Waals surface area contributed by atoms with Gasteiger partial charge in [-0.15, -0.1) is 0 Å². The van der Waals surface area contributed by atoms with Crippen molar-refractivity contribution in [1.29, 1.82) is 0 Å². The lowest BCUT2D eigenvalue weighted by Gasteiger charge is -2.04. The predicted molar refractivity (Wildman–Crippen MR) is 64.4 cm³/mol. The summed E-state index contributed by atoms with van der Waals surface area (Å²) >= 11 is 3.35. The second-order valence-corrected chi connectivity index (χ2v) is 4.16. The van der Waals surface area contributed by atoms with E-state index in [0.29, 0.717) is 5.56 Å². The Balaban J connectivity index is 2.75. The highest BCUT2D eigenvalue weighted by atomic mass is 79.9. The molecular weight excluding hydrogens is 272 g/mol. The molecule has 0 radical (unpaired) electrons. The Bertz CT molecular complexity index is 548. The molecule has 2 rings (SSSR count). The van der Waals surface area contributed by atoms with Crippen molar-refractivity contribution in [2.45, 2.75) is 13.5 Å². The highest BCUT2D eigenvalue weighted by molar-refractivity contribution is 9.10. The fraction of sp³-hybridized carbons (Fsp3) is 0.273. The van der Waals surface area contributed by atoms with Crippen LogP contribution in [0.2, 0.25) is 0 Å². The first-order valence-corrected chi connectivity index (χ1v) is 5.70. The zero-order valence-corrected chi connectivity index (χ0v) is 10.6. The number of carbonyl (C=O) groups is 1. The molecule has 1 aromatic heterocycles. The predicted octanol–water partition coefficient (Wildman–Crippen LogP) is 2.61. The molecule has 4 nitrogen and oxygen atoms in total. The van der Waals surface area contributed by atoms with Gasteiger partial charge in [0, 0.05) is 16.4 Å². The van der Waals surface area contributed by atoms with Gasteiger partial charge in [-0.25, -0.2) is 4.79 Å². The molecule has 0 aliphatic carbocycles. The molecule has 0 unspecified atom stereocenters. The standard InChI is InChI=1S/C11H11BrN2O2/c1-3-14-9-5-4-8(12)10(11(15)16-2)7(9)6-13-14/h4-6H,3H2,1-2H3. The topological polar surface area (TPSA) is 44.1 Å². The van der Waals surface area contributed by atoms with E-state index in [2.05, 4.69) is 21.0 Å². The Morgan fingerprint density at radius 2 is 2.31 bits per heavy atom.